The smallest absolute Gasteiger partial charge is 0.245 e. The molecule has 1 saturated heterocycles. The van der Waals surface area contributed by atoms with Crippen LogP contribution in [0.2, 0.25) is 0 Å². The molecule has 0 spiro atoms. The van der Waals surface area contributed by atoms with Gasteiger partial charge >= 0.3 is 0 Å². The van der Waals surface area contributed by atoms with E-state index in [0.29, 0.717) is 25.8 Å². The maximum Gasteiger partial charge on any atom is 0.245 e. The molecule has 0 saturated carbocycles. The lowest BCUT2D eigenvalue weighted by Crippen LogP contribution is -2.63. The van der Waals surface area contributed by atoms with Crippen LogP contribution in [-0.4, -0.2) is 46.6 Å². The number of carbonyl (C=O) groups is 2. The number of nitrogens with one attached hydrogen (secondary N) is 2. The summed E-state index contributed by atoms with van der Waals surface area (Å²) < 4.78 is 0. The third-order valence-corrected chi connectivity index (χ3v) is 7.34. The Bertz CT molecular complexity index is 936. The molecule has 1 fully saturated rings. The third kappa shape index (κ3) is 6.74. The number of phenols is 1. The number of phenolic OH excluding ortho intramolecular Hbond substituents is 1. The molecule has 1 heterocycles. The molecule has 7 heteroatoms. The van der Waals surface area contributed by atoms with Gasteiger partial charge in [0.1, 0.15) is 11.3 Å². The minimum Gasteiger partial charge on any atom is -0.508 e. The highest BCUT2D eigenvalue weighted by molar-refractivity contribution is 7.99. The van der Waals surface area contributed by atoms with Crippen molar-refractivity contribution in [3.05, 3.63) is 64.7 Å². The lowest BCUT2D eigenvalue weighted by atomic mass is 9.89. The molecule has 3 rings (SSSR count). The van der Waals surface area contributed by atoms with Gasteiger partial charge in [0.05, 0.1) is 6.04 Å². The summed E-state index contributed by atoms with van der Waals surface area (Å²) in [6, 6.07) is 12.8. The molecule has 33 heavy (non-hydrogen) atoms. The van der Waals surface area contributed by atoms with Gasteiger partial charge in [0.2, 0.25) is 11.8 Å². The standard InChI is InChI=1S/C26H35N3O3S/c1-18-15-21(30)16-19(2)22(18)17-23(27)24(31)29-26(10-13-33-14-11-26)25(32)28-12-6-9-20-7-4-3-5-8-20/h3-5,7-8,15-16,23,30H,6,9-14,17,27H2,1-2H3,(H,28,32)(H,29,31)/t23-/m0/s1. The predicted molar refractivity (Wildman–Crippen MR) is 134 cm³/mol. The Hall–Kier alpha value is -2.51. The Kier molecular flexibility index (Phi) is 8.80. The first-order valence-electron chi connectivity index (χ1n) is 11.6. The van der Waals surface area contributed by atoms with Gasteiger partial charge in [-0.3, -0.25) is 9.59 Å². The van der Waals surface area contributed by atoms with Gasteiger partial charge in [-0.25, -0.2) is 0 Å². The molecular formula is C26H35N3O3S. The van der Waals surface area contributed by atoms with Gasteiger partial charge in [-0.05, 0) is 91.8 Å². The molecule has 2 amide bonds. The molecular weight excluding hydrogens is 434 g/mol. The first-order valence-corrected chi connectivity index (χ1v) is 12.7. The summed E-state index contributed by atoms with van der Waals surface area (Å²) in [7, 11) is 0. The largest absolute Gasteiger partial charge is 0.508 e. The molecule has 1 aliphatic heterocycles. The van der Waals surface area contributed by atoms with Crippen LogP contribution in [0.25, 0.3) is 0 Å². The minimum absolute atomic E-state index is 0.117. The SMILES string of the molecule is Cc1cc(O)cc(C)c1C[C@H](N)C(=O)NC1(C(=O)NCCCc2ccccc2)CCSCC1. The zero-order chi connectivity index (χ0) is 23.8. The van der Waals surface area contributed by atoms with Crippen molar-refractivity contribution in [1.29, 1.82) is 0 Å². The number of hydrogen-bond acceptors (Lipinski definition) is 5. The summed E-state index contributed by atoms with van der Waals surface area (Å²) in [6.07, 6.45) is 3.28. The summed E-state index contributed by atoms with van der Waals surface area (Å²) in [4.78, 5) is 26.2. The number of thioether (sulfide) groups is 1. The van der Waals surface area contributed by atoms with Gasteiger partial charge in [0.25, 0.3) is 0 Å². The monoisotopic (exact) mass is 469 g/mol. The zero-order valence-electron chi connectivity index (χ0n) is 19.5. The van der Waals surface area contributed by atoms with Crippen molar-refractivity contribution in [1.82, 2.24) is 10.6 Å². The van der Waals surface area contributed by atoms with Gasteiger partial charge in [0.15, 0.2) is 0 Å². The highest BCUT2D eigenvalue weighted by Gasteiger charge is 2.41. The van der Waals surface area contributed by atoms with E-state index >= 15 is 0 Å². The highest BCUT2D eigenvalue weighted by atomic mass is 32.2. The van der Waals surface area contributed by atoms with Crippen molar-refractivity contribution < 1.29 is 14.7 Å². The summed E-state index contributed by atoms with van der Waals surface area (Å²) in [5, 5.41) is 15.8. The van der Waals surface area contributed by atoms with Crippen LogP contribution >= 0.6 is 11.8 Å². The maximum absolute atomic E-state index is 13.2. The van der Waals surface area contributed by atoms with Crippen molar-refractivity contribution in [3.8, 4) is 5.75 Å². The van der Waals surface area contributed by atoms with Crippen molar-refractivity contribution in [3.63, 3.8) is 0 Å². The van der Waals surface area contributed by atoms with Crippen LogP contribution in [-0.2, 0) is 22.4 Å². The van der Waals surface area contributed by atoms with E-state index in [0.717, 1.165) is 41.0 Å². The zero-order valence-corrected chi connectivity index (χ0v) is 20.3. The van der Waals surface area contributed by atoms with Crippen LogP contribution in [0.15, 0.2) is 42.5 Å². The predicted octanol–water partition coefficient (Wildman–Crippen LogP) is 3.01. The lowest BCUT2D eigenvalue weighted by molar-refractivity contribution is -0.134. The van der Waals surface area contributed by atoms with E-state index in [1.807, 2.05) is 32.0 Å². The van der Waals surface area contributed by atoms with Crippen LogP contribution < -0.4 is 16.4 Å². The number of aryl methyl sites for hydroxylation is 3. The highest BCUT2D eigenvalue weighted by Crippen LogP contribution is 2.28. The normalized spacial score (nSPS) is 16.1. The fraction of sp³-hybridized carbons (Fsp3) is 0.462. The van der Waals surface area contributed by atoms with Crippen LogP contribution in [0.3, 0.4) is 0 Å². The number of hydrogen-bond donors (Lipinski definition) is 4. The molecule has 0 aromatic heterocycles. The van der Waals surface area contributed by atoms with E-state index in [1.165, 1.54) is 5.56 Å². The Morgan fingerprint density at radius 3 is 2.39 bits per heavy atom. The molecule has 2 aromatic carbocycles. The average Bonchev–Trinajstić information content (AvgIpc) is 2.80. The maximum atomic E-state index is 13.2. The topological polar surface area (TPSA) is 104 Å². The number of nitrogens with two attached hydrogens (primary N) is 1. The van der Waals surface area contributed by atoms with Crippen LogP contribution in [0.4, 0.5) is 0 Å². The summed E-state index contributed by atoms with van der Waals surface area (Å²) in [5.41, 5.74) is 9.36. The number of carbonyl (C=O) groups excluding carboxylic acids is 2. The summed E-state index contributed by atoms with van der Waals surface area (Å²) in [5.74, 6) is 1.42. The molecule has 1 atom stereocenters. The molecule has 0 radical (unpaired) electrons. The second-order valence-electron chi connectivity index (χ2n) is 8.90. The fourth-order valence-corrected chi connectivity index (χ4v) is 5.56. The first-order chi connectivity index (χ1) is 15.8. The Morgan fingerprint density at radius 1 is 1.12 bits per heavy atom. The third-order valence-electron chi connectivity index (χ3n) is 6.36. The fourth-order valence-electron chi connectivity index (χ4n) is 4.37. The molecule has 0 unspecified atom stereocenters. The Morgan fingerprint density at radius 2 is 1.76 bits per heavy atom. The molecule has 6 nitrogen and oxygen atoms in total. The van der Waals surface area contributed by atoms with E-state index in [-0.39, 0.29) is 17.6 Å². The van der Waals surface area contributed by atoms with Crippen molar-refractivity contribution in [2.24, 2.45) is 5.73 Å². The van der Waals surface area contributed by atoms with Gasteiger partial charge in [-0.15, -0.1) is 0 Å². The van der Waals surface area contributed by atoms with E-state index in [9.17, 15) is 14.7 Å². The number of benzene rings is 2. The molecule has 0 bridgehead atoms. The lowest BCUT2D eigenvalue weighted by Gasteiger charge is -2.37. The van der Waals surface area contributed by atoms with Gasteiger partial charge in [-0.2, -0.15) is 11.8 Å². The molecule has 0 aliphatic carbocycles. The van der Waals surface area contributed by atoms with E-state index < -0.39 is 11.6 Å². The number of aromatic hydroxyl groups is 1. The van der Waals surface area contributed by atoms with E-state index in [4.69, 9.17) is 5.73 Å². The Balaban J connectivity index is 1.60. The van der Waals surface area contributed by atoms with Crippen molar-refractivity contribution >= 4 is 23.6 Å². The van der Waals surface area contributed by atoms with Crippen molar-refractivity contribution in [2.75, 3.05) is 18.1 Å². The Labute approximate surface area is 200 Å². The van der Waals surface area contributed by atoms with E-state index in [1.54, 1.807) is 23.9 Å². The van der Waals surface area contributed by atoms with Gasteiger partial charge in [-0.1, -0.05) is 30.3 Å². The van der Waals surface area contributed by atoms with Crippen molar-refractivity contribution in [2.45, 2.75) is 57.5 Å². The first kappa shape index (κ1) is 25.1. The van der Waals surface area contributed by atoms with Gasteiger partial charge in [0, 0.05) is 6.54 Å². The number of rotatable bonds is 9. The van der Waals surface area contributed by atoms with Crippen LogP contribution in [0, 0.1) is 13.8 Å². The summed E-state index contributed by atoms with van der Waals surface area (Å²) in [6.45, 7) is 4.36. The quantitative estimate of drug-likeness (QED) is 0.423. The minimum atomic E-state index is -0.911. The van der Waals surface area contributed by atoms with Crippen LogP contribution in [0.5, 0.6) is 5.75 Å². The van der Waals surface area contributed by atoms with E-state index in [2.05, 4.69) is 22.8 Å². The molecule has 2 aromatic rings. The summed E-state index contributed by atoms with van der Waals surface area (Å²) >= 11 is 1.80. The number of amides is 2. The van der Waals surface area contributed by atoms with Crippen LogP contribution in [0.1, 0.15) is 41.5 Å². The van der Waals surface area contributed by atoms with Gasteiger partial charge < -0.3 is 21.5 Å². The molecule has 5 N–H and O–H groups in total. The second kappa shape index (κ2) is 11.6. The average molecular weight is 470 g/mol. The molecule has 1 aliphatic rings. The second-order valence-corrected chi connectivity index (χ2v) is 10.1. The molecule has 178 valence electrons.